The Labute approximate surface area is 115 Å². The average molecular weight is 251 g/mol. The molecule has 1 nitrogen and oxygen atoms in total. The monoisotopic (exact) mass is 251 g/mol. The normalized spacial score (nSPS) is 21.6. The lowest BCUT2D eigenvalue weighted by Crippen LogP contribution is -2.31. The fourth-order valence-corrected chi connectivity index (χ4v) is 2.70. The summed E-state index contributed by atoms with van der Waals surface area (Å²) in [6.07, 6.45) is 11.1. The first-order chi connectivity index (χ1) is 8.78. The van der Waals surface area contributed by atoms with Gasteiger partial charge in [0.1, 0.15) is 0 Å². The van der Waals surface area contributed by atoms with E-state index in [2.05, 4.69) is 71.1 Å². The van der Waals surface area contributed by atoms with Crippen molar-refractivity contribution in [3.63, 3.8) is 0 Å². The predicted octanol–water partition coefficient (Wildman–Crippen LogP) is 3.14. The molecule has 98 valence electrons. The summed E-state index contributed by atoms with van der Waals surface area (Å²) in [5, 5.41) is 2.41. The highest BCUT2D eigenvalue weighted by molar-refractivity contribution is 5.68. The van der Waals surface area contributed by atoms with Crippen molar-refractivity contribution >= 4 is 23.8 Å². The van der Waals surface area contributed by atoms with Crippen molar-refractivity contribution in [2.45, 2.75) is 34.6 Å². The Morgan fingerprint density at radius 2 is 1.74 bits per heavy atom. The molecule has 0 saturated carbocycles. The molecule has 0 aliphatic heterocycles. The Morgan fingerprint density at radius 1 is 1.00 bits per heavy atom. The van der Waals surface area contributed by atoms with Crippen molar-refractivity contribution in [2.75, 3.05) is 0 Å². The molecule has 0 saturated heterocycles. The third-order valence-electron chi connectivity index (χ3n) is 4.34. The van der Waals surface area contributed by atoms with Crippen molar-refractivity contribution in [2.24, 2.45) is 10.8 Å². The van der Waals surface area contributed by atoms with Gasteiger partial charge in [0.15, 0.2) is 0 Å². The number of hydrogen-bond acceptors (Lipinski definition) is 1. The lowest BCUT2D eigenvalue weighted by Gasteiger charge is -2.26. The highest BCUT2D eigenvalue weighted by atomic mass is 14.7. The first-order valence-electron chi connectivity index (χ1n) is 6.92. The van der Waals surface area contributed by atoms with Gasteiger partial charge in [0, 0.05) is 21.6 Å². The van der Waals surface area contributed by atoms with E-state index < -0.39 is 0 Å². The molecule has 0 radical (unpaired) electrons. The summed E-state index contributed by atoms with van der Waals surface area (Å²) in [6, 6.07) is 2.29. The van der Waals surface area contributed by atoms with Crippen LogP contribution in [0.3, 0.4) is 0 Å². The maximum Gasteiger partial charge on any atom is 0.0706 e. The molecule has 2 aliphatic rings. The average Bonchev–Trinajstić information content (AvgIpc) is 2.32. The van der Waals surface area contributed by atoms with Crippen LogP contribution in [0.25, 0.3) is 23.8 Å². The van der Waals surface area contributed by atoms with Crippen molar-refractivity contribution in [3.05, 3.63) is 40.0 Å². The number of aromatic nitrogens is 1. The summed E-state index contributed by atoms with van der Waals surface area (Å²) in [6.45, 7) is 11.2. The Bertz CT molecular complexity index is 728. The van der Waals surface area contributed by atoms with E-state index in [1.54, 1.807) is 0 Å². The summed E-state index contributed by atoms with van der Waals surface area (Å²) in [4.78, 5) is 4.85. The quantitative estimate of drug-likeness (QED) is 0.690. The predicted molar refractivity (Wildman–Crippen MR) is 82.7 cm³/mol. The highest BCUT2D eigenvalue weighted by Crippen LogP contribution is 2.31. The van der Waals surface area contributed by atoms with Crippen LogP contribution < -0.4 is 10.6 Å². The zero-order valence-electron chi connectivity index (χ0n) is 12.4. The first-order valence-corrected chi connectivity index (χ1v) is 6.92. The van der Waals surface area contributed by atoms with Gasteiger partial charge < -0.3 is 0 Å². The molecule has 1 aromatic heterocycles. The summed E-state index contributed by atoms with van der Waals surface area (Å²) >= 11 is 0. The van der Waals surface area contributed by atoms with Gasteiger partial charge in [0.2, 0.25) is 0 Å². The first kappa shape index (κ1) is 12.4. The summed E-state index contributed by atoms with van der Waals surface area (Å²) in [5.41, 5.74) is 3.98. The molecule has 0 bridgehead atoms. The summed E-state index contributed by atoms with van der Waals surface area (Å²) in [7, 11) is 0. The molecule has 19 heavy (non-hydrogen) atoms. The molecule has 1 heterocycles. The molecule has 0 atom stereocenters. The standard InChI is InChI=1S/C18H21N/c1-12-14-10-13-6-8-17(2,3)11-16(13)19-15(14)7-9-18(12,4)5/h6-11H,1-5H3. The number of rotatable bonds is 0. The van der Waals surface area contributed by atoms with E-state index >= 15 is 0 Å². The van der Waals surface area contributed by atoms with Crippen LogP contribution in [-0.4, -0.2) is 4.98 Å². The molecule has 1 heteroatoms. The number of nitrogens with zero attached hydrogens (tertiary/aromatic N) is 1. The van der Waals surface area contributed by atoms with Crippen molar-refractivity contribution in [1.29, 1.82) is 0 Å². The largest absolute Gasteiger partial charge is 0.248 e. The van der Waals surface area contributed by atoms with E-state index in [0.717, 1.165) is 11.0 Å². The van der Waals surface area contributed by atoms with Gasteiger partial charge >= 0.3 is 0 Å². The van der Waals surface area contributed by atoms with Crippen molar-refractivity contribution in [3.8, 4) is 0 Å². The molecule has 0 fully saturated rings. The summed E-state index contributed by atoms with van der Waals surface area (Å²) < 4.78 is 0. The Hall–Kier alpha value is -1.63. The van der Waals surface area contributed by atoms with Crippen LogP contribution in [0.2, 0.25) is 0 Å². The molecule has 3 rings (SSSR count). The van der Waals surface area contributed by atoms with Gasteiger partial charge in [0.05, 0.1) is 11.0 Å². The van der Waals surface area contributed by atoms with E-state index in [0.29, 0.717) is 0 Å². The topological polar surface area (TPSA) is 12.9 Å². The van der Waals surface area contributed by atoms with Crippen LogP contribution in [0.5, 0.6) is 0 Å². The maximum absolute atomic E-state index is 4.85. The van der Waals surface area contributed by atoms with Crippen LogP contribution in [-0.2, 0) is 0 Å². The van der Waals surface area contributed by atoms with E-state index in [4.69, 9.17) is 4.98 Å². The third-order valence-corrected chi connectivity index (χ3v) is 4.34. The highest BCUT2D eigenvalue weighted by Gasteiger charge is 2.22. The fraction of sp³-hybridized carbons (Fsp3) is 0.389. The van der Waals surface area contributed by atoms with Crippen LogP contribution in [0.1, 0.15) is 45.9 Å². The van der Waals surface area contributed by atoms with Gasteiger partial charge in [-0.05, 0) is 25.1 Å². The third kappa shape index (κ3) is 1.98. The van der Waals surface area contributed by atoms with Gasteiger partial charge in [0.25, 0.3) is 0 Å². The van der Waals surface area contributed by atoms with Gasteiger partial charge in [-0.25, -0.2) is 4.98 Å². The lowest BCUT2D eigenvalue weighted by atomic mass is 9.79. The van der Waals surface area contributed by atoms with Gasteiger partial charge in [-0.15, -0.1) is 0 Å². The molecular weight excluding hydrogens is 230 g/mol. The van der Waals surface area contributed by atoms with Crippen molar-refractivity contribution < 1.29 is 0 Å². The lowest BCUT2D eigenvalue weighted by molar-refractivity contribution is 0.637. The molecule has 2 aliphatic carbocycles. The van der Waals surface area contributed by atoms with Gasteiger partial charge in [-0.2, -0.15) is 0 Å². The minimum absolute atomic E-state index is 0.102. The molecule has 0 unspecified atom stereocenters. The number of allylic oxidation sites excluding steroid dienone is 2. The summed E-state index contributed by atoms with van der Waals surface area (Å²) in [5.74, 6) is 0. The maximum atomic E-state index is 4.85. The SMILES string of the molecule is CC1=c2cc3c(nc2C=CC1(C)C)=CC(C)(C)C=C3. The zero-order chi connectivity index (χ0) is 13.8. The second kappa shape index (κ2) is 3.69. The smallest absolute Gasteiger partial charge is 0.0706 e. The second-order valence-corrected chi connectivity index (χ2v) is 6.87. The minimum atomic E-state index is 0.102. The molecule has 0 spiro atoms. The molecule has 0 amide bonds. The number of fused-ring (bicyclic) bond motifs is 2. The fourth-order valence-electron chi connectivity index (χ4n) is 2.70. The van der Waals surface area contributed by atoms with E-state index in [1.165, 1.54) is 16.4 Å². The minimum Gasteiger partial charge on any atom is -0.248 e. The Morgan fingerprint density at radius 3 is 2.47 bits per heavy atom. The zero-order valence-corrected chi connectivity index (χ0v) is 12.4. The molecular formula is C18H21N. The van der Waals surface area contributed by atoms with Crippen molar-refractivity contribution in [1.82, 2.24) is 4.98 Å². The van der Waals surface area contributed by atoms with Crippen LogP contribution >= 0.6 is 0 Å². The van der Waals surface area contributed by atoms with E-state index in [1.807, 2.05) is 0 Å². The molecule has 0 aromatic carbocycles. The molecule has 1 aromatic rings. The van der Waals surface area contributed by atoms with Crippen LogP contribution in [0.4, 0.5) is 0 Å². The Kier molecular flexibility index (Phi) is 2.41. The number of pyridine rings is 1. The Balaban J connectivity index is 2.35. The molecule has 0 N–H and O–H groups in total. The van der Waals surface area contributed by atoms with E-state index in [9.17, 15) is 0 Å². The van der Waals surface area contributed by atoms with Crippen LogP contribution in [0, 0.1) is 10.8 Å². The van der Waals surface area contributed by atoms with E-state index in [-0.39, 0.29) is 10.8 Å². The van der Waals surface area contributed by atoms with Gasteiger partial charge in [-0.1, -0.05) is 51.5 Å². The second-order valence-electron chi connectivity index (χ2n) is 6.87. The van der Waals surface area contributed by atoms with Crippen LogP contribution in [0.15, 0.2) is 18.2 Å². The van der Waals surface area contributed by atoms with Gasteiger partial charge in [-0.3, -0.25) is 0 Å². The number of hydrogen-bond donors (Lipinski definition) is 0.